The van der Waals surface area contributed by atoms with Crippen LogP contribution in [0.2, 0.25) is 0 Å². The molecule has 0 aliphatic carbocycles. The molecule has 0 aliphatic rings. The van der Waals surface area contributed by atoms with Crippen LogP contribution in [0.3, 0.4) is 0 Å². The molecule has 2 rings (SSSR count). The van der Waals surface area contributed by atoms with E-state index in [2.05, 4.69) is 0 Å². The molecule has 0 spiro atoms. The van der Waals surface area contributed by atoms with Crippen molar-refractivity contribution in [2.45, 2.75) is 13.8 Å². The third-order valence-electron chi connectivity index (χ3n) is 2.53. The largest absolute Gasteiger partial charge is 0.478 e. The number of aromatic nitrogens is 1. The second kappa shape index (κ2) is 3.48. The topological polar surface area (TPSA) is 59.3 Å². The van der Waals surface area contributed by atoms with Crippen LogP contribution in [0.5, 0.6) is 0 Å². The molecule has 0 radical (unpaired) electrons. The average molecular weight is 217 g/mol. The number of nitrogens with zero attached hydrogens (tertiary/aromatic N) is 1. The van der Waals surface area contributed by atoms with Crippen LogP contribution in [0.25, 0.3) is 10.9 Å². The molecule has 0 saturated carbocycles. The summed E-state index contributed by atoms with van der Waals surface area (Å²) < 4.78 is 1.37. The van der Waals surface area contributed by atoms with Crippen LogP contribution >= 0.6 is 0 Å². The summed E-state index contributed by atoms with van der Waals surface area (Å²) in [7, 11) is 0. The number of aromatic carboxylic acids is 1. The molecule has 0 unspecified atom stereocenters. The molecule has 4 nitrogen and oxygen atoms in total. The van der Waals surface area contributed by atoms with Crippen molar-refractivity contribution in [1.29, 1.82) is 0 Å². The SMILES string of the molecule is CC(=O)n1cc(C(=O)O)c2ccc(C)cc21. The van der Waals surface area contributed by atoms with E-state index in [4.69, 9.17) is 5.11 Å². The van der Waals surface area contributed by atoms with Crippen molar-refractivity contribution in [3.8, 4) is 0 Å². The monoisotopic (exact) mass is 217 g/mol. The Labute approximate surface area is 92.1 Å². The third kappa shape index (κ3) is 1.48. The lowest BCUT2D eigenvalue weighted by atomic mass is 10.1. The Morgan fingerprint density at radius 1 is 1.31 bits per heavy atom. The number of benzene rings is 1. The van der Waals surface area contributed by atoms with Crippen LogP contribution in [-0.4, -0.2) is 21.6 Å². The quantitative estimate of drug-likeness (QED) is 0.797. The summed E-state index contributed by atoms with van der Waals surface area (Å²) in [5.74, 6) is -1.21. The molecule has 0 atom stereocenters. The Morgan fingerprint density at radius 2 is 2.00 bits per heavy atom. The van der Waals surface area contributed by atoms with Gasteiger partial charge < -0.3 is 5.11 Å². The zero-order chi connectivity index (χ0) is 11.9. The summed E-state index contributed by atoms with van der Waals surface area (Å²) in [4.78, 5) is 22.4. The molecule has 0 fully saturated rings. The Balaban J connectivity index is 2.87. The van der Waals surface area contributed by atoms with Gasteiger partial charge in [-0.05, 0) is 18.6 Å². The Morgan fingerprint density at radius 3 is 2.56 bits per heavy atom. The van der Waals surface area contributed by atoms with Gasteiger partial charge in [0.2, 0.25) is 5.91 Å². The number of hydrogen-bond donors (Lipinski definition) is 1. The van der Waals surface area contributed by atoms with Crippen molar-refractivity contribution >= 4 is 22.8 Å². The number of carbonyl (C=O) groups excluding carboxylic acids is 1. The fraction of sp³-hybridized carbons (Fsp3) is 0.167. The van der Waals surface area contributed by atoms with Crippen molar-refractivity contribution in [2.75, 3.05) is 0 Å². The molecule has 0 saturated heterocycles. The predicted molar refractivity (Wildman–Crippen MR) is 59.9 cm³/mol. The first-order valence-corrected chi connectivity index (χ1v) is 4.86. The van der Waals surface area contributed by atoms with E-state index in [1.807, 2.05) is 19.1 Å². The summed E-state index contributed by atoms with van der Waals surface area (Å²) in [5.41, 5.74) is 1.79. The standard InChI is InChI=1S/C12H11NO3/c1-7-3-4-9-10(12(15)16)6-13(8(2)14)11(9)5-7/h3-6H,1-2H3,(H,15,16). The van der Waals surface area contributed by atoms with Crippen molar-refractivity contribution in [3.05, 3.63) is 35.5 Å². The number of fused-ring (bicyclic) bond motifs is 1. The summed E-state index contributed by atoms with van der Waals surface area (Å²) in [6.07, 6.45) is 1.37. The Kier molecular flexibility index (Phi) is 2.27. The van der Waals surface area contributed by atoms with E-state index >= 15 is 0 Å². The second-order valence-corrected chi connectivity index (χ2v) is 3.76. The molecule has 0 aliphatic heterocycles. The first-order valence-electron chi connectivity index (χ1n) is 4.86. The molecule has 4 heteroatoms. The highest BCUT2D eigenvalue weighted by Crippen LogP contribution is 2.22. The maximum atomic E-state index is 11.4. The Hall–Kier alpha value is -2.10. The maximum absolute atomic E-state index is 11.4. The summed E-state index contributed by atoms with van der Waals surface area (Å²) >= 11 is 0. The minimum atomic E-state index is -1.02. The van der Waals surface area contributed by atoms with E-state index in [0.717, 1.165) is 5.56 Å². The van der Waals surface area contributed by atoms with Gasteiger partial charge in [-0.15, -0.1) is 0 Å². The molecule has 16 heavy (non-hydrogen) atoms. The van der Waals surface area contributed by atoms with Crippen LogP contribution in [-0.2, 0) is 0 Å². The third-order valence-corrected chi connectivity index (χ3v) is 2.53. The van der Waals surface area contributed by atoms with Crippen LogP contribution < -0.4 is 0 Å². The highest BCUT2D eigenvalue weighted by molar-refractivity contribution is 6.06. The van der Waals surface area contributed by atoms with Gasteiger partial charge in [0.1, 0.15) is 0 Å². The molecule has 1 heterocycles. The van der Waals surface area contributed by atoms with E-state index in [-0.39, 0.29) is 11.5 Å². The van der Waals surface area contributed by atoms with E-state index in [1.54, 1.807) is 6.07 Å². The van der Waals surface area contributed by atoms with E-state index in [1.165, 1.54) is 17.7 Å². The normalized spacial score (nSPS) is 10.6. The van der Waals surface area contributed by atoms with Crippen LogP contribution in [0, 0.1) is 6.92 Å². The van der Waals surface area contributed by atoms with E-state index in [0.29, 0.717) is 10.9 Å². The number of hydrogen-bond acceptors (Lipinski definition) is 2. The fourth-order valence-electron chi connectivity index (χ4n) is 1.77. The van der Waals surface area contributed by atoms with Crippen molar-refractivity contribution < 1.29 is 14.7 Å². The molecule has 82 valence electrons. The zero-order valence-electron chi connectivity index (χ0n) is 9.02. The minimum Gasteiger partial charge on any atom is -0.478 e. The average Bonchev–Trinajstić information content (AvgIpc) is 2.56. The molecule has 0 bridgehead atoms. The van der Waals surface area contributed by atoms with E-state index in [9.17, 15) is 9.59 Å². The molecule has 1 aromatic carbocycles. The highest BCUT2D eigenvalue weighted by atomic mass is 16.4. The number of rotatable bonds is 1. The van der Waals surface area contributed by atoms with Crippen LogP contribution in [0.15, 0.2) is 24.4 Å². The Bertz CT molecular complexity index is 596. The minimum absolute atomic E-state index is 0.158. The molecular weight excluding hydrogens is 206 g/mol. The van der Waals surface area contributed by atoms with Gasteiger partial charge in [-0.3, -0.25) is 9.36 Å². The van der Waals surface area contributed by atoms with Crippen molar-refractivity contribution in [3.63, 3.8) is 0 Å². The molecule has 1 aromatic heterocycles. The van der Waals surface area contributed by atoms with Gasteiger partial charge in [-0.2, -0.15) is 0 Å². The summed E-state index contributed by atoms with van der Waals surface area (Å²) in [6, 6.07) is 5.37. The molecule has 2 aromatic rings. The lowest BCUT2D eigenvalue weighted by Crippen LogP contribution is -2.03. The highest BCUT2D eigenvalue weighted by Gasteiger charge is 2.15. The first kappa shape index (κ1) is 10.4. The van der Waals surface area contributed by atoms with Crippen LogP contribution in [0.1, 0.15) is 27.6 Å². The predicted octanol–water partition coefficient (Wildman–Crippen LogP) is 2.31. The molecule has 1 N–H and O–H groups in total. The second-order valence-electron chi connectivity index (χ2n) is 3.76. The van der Waals surface area contributed by atoms with Crippen LogP contribution in [0.4, 0.5) is 0 Å². The van der Waals surface area contributed by atoms with Gasteiger partial charge in [0.25, 0.3) is 0 Å². The van der Waals surface area contributed by atoms with Gasteiger partial charge in [0, 0.05) is 18.5 Å². The van der Waals surface area contributed by atoms with E-state index < -0.39 is 5.97 Å². The van der Waals surface area contributed by atoms with Crippen molar-refractivity contribution in [2.24, 2.45) is 0 Å². The smallest absolute Gasteiger partial charge is 0.337 e. The number of carbonyl (C=O) groups is 2. The lowest BCUT2D eigenvalue weighted by molar-refractivity contribution is 0.0699. The van der Waals surface area contributed by atoms with Gasteiger partial charge >= 0.3 is 5.97 Å². The first-order chi connectivity index (χ1) is 7.50. The summed E-state index contributed by atoms with van der Waals surface area (Å²) in [6.45, 7) is 3.31. The number of aryl methyl sites for hydroxylation is 1. The fourth-order valence-corrected chi connectivity index (χ4v) is 1.77. The zero-order valence-corrected chi connectivity index (χ0v) is 9.02. The van der Waals surface area contributed by atoms with Gasteiger partial charge in [-0.25, -0.2) is 4.79 Å². The van der Waals surface area contributed by atoms with Gasteiger partial charge in [0.05, 0.1) is 11.1 Å². The maximum Gasteiger partial charge on any atom is 0.337 e. The number of carboxylic acid groups (broad SMARTS) is 1. The summed E-state index contributed by atoms with van der Waals surface area (Å²) in [5, 5.41) is 9.61. The van der Waals surface area contributed by atoms with Gasteiger partial charge in [-0.1, -0.05) is 12.1 Å². The molecule has 0 amide bonds. The lowest BCUT2D eigenvalue weighted by Gasteiger charge is -1.99. The number of carboxylic acids is 1. The molecular formula is C12H11NO3. The van der Waals surface area contributed by atoms with Crippen molar-refractivity contribution in [1.82, 2.24) is 4.57 Å². The van der Waals surface area contributed by atoms with Gasteiger partial charge in [0.15, 0.2) is 0 Å².